The minimum Gasteiger partial charge on any atom is -0.457 e. The molecule has 88 heavy (non-hydrogen) atoms. The maximum absolute atomic E-state index is 14.2. The van der Waals surface area contributed by atoms with Gasteiger partial charge in [0.2, 0.25) is 0 Å². The fourth-order valence-corrected chi connectivity index (χ4v) is 18.9. The van der Waals surface area contributed by atoms with Crippen LogP contribution in [0.3, 0.4) is 0 Å². The summed E-state index contributed by atoms with van der Waals surface area (Å²) >= 11 is 0. The molecule has 0 fully saturated rings. The number of hydrogen-bond acceptors (Lipinski definition) is 8. The van der Waals surface area contributed by atoms with E-state index in [1.54, 1.807) is 27.7 Å². The van der Waals surface area contributed by atoms with Gasteiger partial charge in [0.05, 0.1) is 0 Å². The number of carbonyl (C=O) groups is 4. The summed E-state index contributed by atoms with van der Waals surface area (Å²) in [5.41, 5.74) is 22.8. The van der Waals surface area contributed by atoms with Crippen LogP contribution in [0.25, 0.3) is 87.6 Å². The van der Waals surface area contributed by atoms with Gasteiger partial charge in [-0.1, -0.05) is 153 Å². The number of benzene rings is 8. The zero-order valence-electron chi connectivity index (χ0n) is 53.0. The first-order valence-electron chi connectivity index (χ1n) is 34.1. The summed E-state index contributed by atoms with van der Waals surface area (Å²) in [4.78, 5) is 56.8. The van der Waals surface area contributed by atoms with E-state index in [-0.39, 0.29) is 47.5 Å². The molecule has 0 N–H and O–H groups in total. The van der Waals surface area contributed by atoms with E-state index in [0.29, 0.717) is 0 Å². The molecule has 0 unspecified atom stereocenters. The largest absolute Gasteiger partial charge is 0.457 e. The number of hydrogen-bond donors (Lipinski definition) is 0. The molecule has 8 aromatic carbocycles. The Morgan fingerprint density at radius 2 is 0.523 bits per heavy atom. The van der Waals surface area contributed by atoms with Crippen LogP contribution in [0, 0.1) is 0 Å². The lowest BCUT2D eigenvalue weighted by molar-refractivity contribution is -0.155. The van der Waals surface area contributed by atoms with Gasteiger partial charge in [-0.3, -0.25) is 19.2 Å². The summed E-state index contributed by atoms with van der Waals surface area (Å²) in [7, 11) is 0. The second kappa shape index (κ2) is 22.3. The third kappa shape index (κ3) is 8.48. The van der Waals surface area contributed by atoms with Crippen LogP contribution < -0.4 is 0 Å². The van der Waals surface area contributed by atoms with E-state index in [9.17, 15) is 19.2 Å². The highest BCUT2D eigenvalue weighted by molar-refractivity contribution is 6.22. The van der Waals surface area contributed by atoms with Crippen molar-refractivity contribution in [3.8, 4) is 44.5 Å². The second-order valence-corrected chi connectivity index (χ2v) is 27.2. The maximum Gasteiger partial charge on any atom is 0.303 e. The van der Waals surface area contributed by atoms with Gasteiger partial charge in [0, 0.05) is 73.6 Å². The predicted octanol–water partition coefficient (Wildman–Crippen LogP) is 20.6. The third-order valence-electron chi connectivity index (χ3n) is 22.1. The molecule has 0 radical (unpaired) electrons. The molecular formula is C80H84O8. The van der Waals surface area contributed by atoms with Gasteiger partial charge in [-0.25, -0.2) is 0 Å². The molecule has 452 valence electrons. The van der Waals surface area contributed by atoms with Crippen LogP contribution >= 0.6 is 0 Å². The lowest BCUT2D eigenvalue weighted by Gasteiger charge is -2.43. The summed E-state index contributed by atoms with van der Waals surface area (Å²) in [5.74, 6) is -2.61. The molecule has 0 aliphatic heterocycles. The smallest absolute Gasteiger partial charge is 0.303 e. The van der Waals surface area contributed by atoms with Gasteiger partial charge in [-0.2, -0.15) is 0 Å². The molecule has 8 aromatic rings. The number of aryl methyl sites for hydroxylation is 4. The van der Waals surface area contributed by atoms with Crippen molar-refractivity contribution in [3.05, 3.63) is 140 Å². The van der Waals surface area contributed by atoms with E-state index in [0.717, 1.165) is 195 Å². The SMILES string of the molecule is CCCCCCc1c2c3c(CCCCCC)c4cc5c(cc14)-c1ccc4c6c(ccc-5c16)[C@H]1[C@@H]4[C@H](OC(C)=O)c4c(c(CCCCCC)c5cc6c(cc5c4CCCCCC)-c4ccc5c7c(ccc-6c47)[C@@H]([C@@H]5[C@@H]2OC(C)=O)[C@H]3OC(C)=O)[C@@H]1OC(C)=O. The summed E-state index contributed by atoms with van der Waals surface area (Å²) < 4.78 is 28.2. The molecule has 14 rings (SSSR count). The van der Waals surface area contributed by atoms with E-state index >= 15 is 0 Å². The van der Waals surface area contributed by atoms with Crippen molar-refractivity contribution in [2.45, 2.75) is 232 Å². The van der Waals surface area contributed by atoms with Crippen LogP contribution in [0.1, 0.15) is 273 Å². The first kappa shape index (κ1) is 57.1. The van der Waals surface area contributed by atoms with Gasteiger partial charge in [-0.05, 0) is 208 Å². The van der Waals surface area contributed by atoms with Crippen molar-refractivity contribution in [2.75, 3.05) is 0 Å². The number of esters is 4. The topological polar surface area (TPSA) is 105 Å². The van der Waals surface area contributed by atoms with E-state index in [1.807, 2.05) is 0 Å². The summed E-state index contributed by atoms with van der Waals surface area (Å²) in [6.07, 6.45) is 17.4. The van der Waals surface area contributed by atoms with E-state index in [4.69, 9.17) is 18.9 Å². The van der Waals surface area contributed by atoms with Crippen LogP contribution in [0.2, 0.25) is 0 Å². The van der Waals surface area contributed by atoms with Gasteiger partial charge >= 0.3 is 23.9 Å². The van der Waals surface area contributed by atoms with E-state index < -0.39 is 24.4 Å². The van der Waals surface area contributed by atoms with Crippen LogP contribution in [0.5, 0.6) is 0 Å². The molecular weight excluding hydrogens is 1090 g/mol. The van der Waals surface area contributed by atoms with E-state index in [1.165, 1.54) is 87.6 Å². The van der Waals surface area contributed by atoms with Crippen molar-refractivity contribution < 1.29 is 38.1 Å². The molecule has 0 saturated heterocycles. The quantitative estimate of drug-likeness (QED) is 0.0335. The molecule has 0 spiro atoms. The summed E-state index contributed by atoms with van der Waals surface area (Å²) in [6.45, 7) is 15.3. The normalized spacial score (nSPS) is 20.9. The Morgan fingerprint density at radius 1 is 0.295 bits per heavy atom. The minimum absolute atomic E-state index is 0.315. The number of fused-ring (bicyclic) bond motifs is 16. The van der Waals surface area contributed by atoms with Crippen LogP contribution in [0.15, 0.2) is 72.8 Å². The van der Waals surface area contributed by atoms with Gasteiger partial charge < -0.3 is 18.9 Å². The fourth-order valence-electron chi connectivity index (χ4n) is 18.9. The molecule has 8 heteroatoms. The maximum atomic E-state index is 14.2. The Bertz CT molecular complexity index is 3770. The van der Waals surface area contributed by atoms with Crippen molar-refractivity contribution >= 4 is 67.0 Å². The molecule has 6 aliphatic rings. The molecule has 0 saturated carbocycles. The Labute approximate surface area is 518 Å². The lowest BCUT2D eigenvalue weighted by atomic mass is 9.66. The Balaban J connectivity index is 1.13. The highest BCUT2D eigenvalue weighted by Crippen LogP contribution is 2.70. The average Bonchev–Trinajstić information content (AvgIpc) is 1.48. The van der Waals surface area contributed by atoms with Crippen LogP contribution in [-0.2, 0) is 63.8 Å². The lowest BCUT2D eigenvalue weighted by Crippen LogP contribution is -2.34. The van der Waals surface area contributed by atoms with Crippen molar-refractivity contribution in [1.82, 2.24) is 0 Å². The first-order chi connectivity index (χ1) is 42.9. The first-order valence-corrected chi connectivity index (χ1v) is 34.1. The molecule has 0 heterocycles. The average molecular weight is 1170 g/mol. The third-order valence-corrected chi connectivity index (χ3v) is 22.1. The highest BCUT2D eigenvalue weighted by atomic mass is 16.6. The minimum atomic E-state index is -0.643. The summed E-state index contributed by atoms with van der Waals surface area (Å²) in [6, 6.07) is 28.6. The van der Waals surface area contributed by atoms with Crippen molar-refractivity contribution in [3.63, 3.8) is 0 Å². The van der Waals surface area contributed by atoms with Crippen LogP contribution in [0.4, 0.5) is 0 Å². The Hall–Kier alpha value is -7.32. The number of carbonyl (C=O) groups excluding carboxylic acids is 4. The van der Waals surface area contributed by atoms with E-state index in [2.05, 4.69) is 100 Å². The van der Waals surface area contributed by atoms with Gasteiger partial charge in [0.1, 0.15) is 24.4 Å². The van der Waals surface area contributed by atoms with Crippen molar-refractivity contribution in [2.24, 2.45) is 0 Å². The second-order valence-electron chi connectivity index (χ2n) is 27.2. The van der Waals surface area contributed by atoms with Gasteiger partial charge in [-0.15, -0.1) is 0 Å². The number of rotatable bonds is 24. The molecule has 0 bridgehead atoms. The molecule has 0 aromatic heterocycles. The predicted molar refractivity (Wildman–Crippen MR) is 352 cm³/mol. The zero-order chi connectivity index (χ0) is 60.5. The van der Waals surface area contributed by atoms with Gasteiger partial charge in [0.15, 0.2) is 0 Å². The molecule has 6 aliphatic carbocycles. The fraction of sp³-hybridized carbons (Fsp3) is 0.450. The number of unbranched alkanes of at least 4 members (excludes halogenated alkanes) is 12. The van der Waals surface area contributed by atoms with Crippen LogP contribution in [-0.4, -0.2) is 23.9 Å². The van der Waals surface area contributed by atoms with Gasteiger partial charge in [0.25, 0.3) is 0 Å². The Kier molecular flexibility index (Phi) is 14.5. The molecule has 8 atom stereocenters. The monoisotopic (exact) mass is 1170 g/mol. The Morgan fingerprint density at radius 3 is 0.727 bits per heavy atom. The highest BCUT2D eigenvalue weighted by Gasteiger charge is 2.57. The number of ether oxygens (including phenoxy) is 4. The van der Waals surface area contributed by atoms with Crippen molar-refractivity contribution in [1.29, 1.82) is 0 Å². The molecule has 8 nitrogen and oxygen atoms in total. The molecule has 0 amide bonds. The standard InChI is InChI=1S/C80H84O8/c1-9-13-17-21-25-45-57-37-61-49-29-34-55-68-56-36-31-50(65(49)68)62(61)38-58(57)46(26-22-18-14-10-2)70-69(45)77(85-41(5)81)73-53-33-30-51-63-39-59-47(27-23-19-15-11-3)71-72(80(88-44(8)84)76(56)75(55)79(71)87-43(7)83)48(28-24-20-16-12-4)60(59)40-64(63)52-32-35-54(67(53)66(51)52)74(73)78(70)86-42(6)82/h29-40,73-80H,9-28H2,1-8H3/t73-,74+,75-,76+,77-,78+,79-,80+. The zero-order valence-corrected chi connectivity index (χ0v) is 53.0. The summed E-state index contributed by atoms with van der Waals surface area (Å²) in [5, 5.41) is 9.45.